The van der Waals surface area contributed by atoms with E-state index in [-0.39, 0.29) is 24.4 Å². The average Bonchev–Trinajstić information content (AvgIpc) is 3.22. The van der Waals surface area contributed by atoms with Crippen LogP contribution in [0.15, 0.2) is 24.3 Å². The molecule has 126 valence electrons. The monoisotopic (exact) mass is 331 g/mol. The molecule has 2 bridgehead atoms. The molecule has 0 aromatic heterocycles. The molecule has 2 amide bonds. The number of carboxylic acids is 1. The highest BCUT2D eigenvalue weighted by Crippen LogP contribution is 2.49. The third-order valence-electron chi connectivity index (χ3n) is 5.28. The summed E-state index contributed by atoms with van der Waals surface area (Å²) in [6.45, 7) is 0. The quantitative estimate of drug-likeness (QED) is 0.781. The van der Waals surface area contributed by atoms with Gasteiger partial charge in [0.2, 0.25) is 11.8 Å². The lowest BCUT2D eigenvalue weighted by molar-refractivity contribution is -0.156. The molecule has 7 nitrogen and oxygen atoms in total. The van der Waals surface area contributed by atoms with Crippen molar-refractivity contribution in [2.45, 2.75) is 37.5 Å². The molecular weight excluding hydrogens is 314 g/mol. The molecule has 3 fully saturated rings. The van der Waals surface area contributed by atoms with Crippen molar-refractivity contribution in [2.24, 2.45) is 11.8 Å². The molecule has 0 spiro atoms. The van der Waals surface area contributed by atoms with Crippen LogP contribution in [0.1, 0.15) is 18.4 Å². The first-order valence-electron chi connectivity index (χ1n) is 8.00. The lowest BCUT2D eigenvalue weighted by Gasteiger charge is -2.24. The summed E-state index contributed by atoms with van der Waals surface area (Å²) in [7, 11) is 0. The van der Waals surface area contributed by atoms with Crippen LogP contribution in [-0.4, -0.2) is 51.1 Å². The number of amides is 2. The van der Waals surface area contributed by atoms with Crippen LogP contribution in [0, 0.1) is 11.8 Å². The molecular formula is C17H17NO6. The second-order valence-electron chi connectivity index (χ2n) is 6.61. The van der Waals surface area contributed by atoms with Gasteiger partial charge in [-0.1, -0.05) is 12.1 Å². The first kappa shape index (κ1) is 15.1. The number of aromatic hydroxyl groups is 1. The molecule has 3 aliphatic heterocycles. The summed E-state index contributed by atoms with van der Waals surface area (Å²) in [5.74, 6) is -3.05. The molecule has 0 saturated carbocycles. The van der Waals surface area contributed by atoms with Crippen LogP contribution < -0.4 is 0 Å². The van der Waals surface area contributed by atoms with E-state index in [9.17, 15) is 24.6 Å². The molecule has 1 aromatic carbocycles. The molecule has 0 aliphatic carbocycles. The fourth-order valence-corrected chi connectivity index (χ4v) is 4.19. The first-order valence-corrected chi connectivity index (χ1v) is 8.00. The summed E-state index contributed by atoms with van der Waals surface area (Å²) < 4.78 is 5.66. The number of hydrogen-bond acceptors (Lipinski definition) is 5. The third kappa shape index (κ3) is 2.11. The van der Waals surface area contributed by atoms with Crippen LogP contribution >= 0.6 is 0 Å². The minimum atomic E-state index is -1.24. The number of phenols is 1. The number of nitrogens with zero attached hydrogens (tertiary/aromatic N) is 1. The summed E-state index contributed by atoms with van der Waals surface area (Å²) in [4.78, 5) is 38.0. The minimum Gasteiger partial charge on any atom is -0.508 e. The summed E-state index contributed by atoms with van der Waals surface area (Å²) >= 11 is 0. The SMILES string of the molecule is O=C(O)C(Cc1ccc(O)cc1)N1C(=O)C2C(C1=O)[C@H]1CC[C@@H]2O1. The fourth-order valence-electron chi connectivity index (χ4n) is 4.19. The van der Waals surface area contributed by atoms with Gasteiger partial charge in [0.15, 0.2) is 0 Å². The van der Waals surface area contributed by atoms with E-state index in [1.807, 2.05) is 0 Å². The predicted molar refractivity (Wildman–Crippen MR) is 80.0 cm³/mol. The van der Waals surface area contributed by atoms with E-state index >= 15 is 0 Å². The number of likely N-dealkylation sites (tertiary alicyclic amines) is 1. The number of ether oxygens (including phenoxy) is 1. The molecule has 24 heavy (non-hydrogen) atoms. The highest BCUT2D eigenvalue weighted by atomic mass is 16.5. The van der Waals surface area contributed by atoms with Gasteiger partial charge in [0, 0.05) is 6.42 Å². The summed E-state index contributed by atoms with van der Waals surface area (Å²) in [5.41, 5.74) is 0.636. The van der Waals surface area contributed by atoms with Gasteiger partial charge in [-0.05, 0) is 30.5 Å². The van der Waals surface area contributed by atoms with E-state index in [2.05, 4.69) is 0 Å². The number of imide groups is 1. The number of carbonyl (C=O) groups excluding carboxylic acids is 2. The van der Waals surface area contributed by atoms with Gasteiger partial charge in [-0.3, -0.25) is 14.5 Å². The number of phenolic OH excluding ortho intramolecular Hbond substituents is 1. The first-order chi connectivity index (χ1) is 11.5. The van der Waals surface area contributed by atoms with E-state index in [0.717, 1.165) is 17.7 Å². The van der Waals surface area contributed by atoms with E-state index in [1.165, 1.54) is 12.1 Å². The van der Waals surface area contributed by atoms with Gasteiger partial charge in [0.05, 0.1) is 24.0 Å². The van der Waals surface area contributed by atoms with Crippen molar-refractivity contribution in [3.05, 3.63) is 29.8 Å². The molecule has 7 heteroatoms. The number of carboxylic acid groups (broad SMARTS) is 1. The molecule has 3 saturated heterocycles. The van der Waals surface area contributed by atoms with E-state index in [0.29, 0.717) is 5.56 Å². The van der Waals surface area contributed by atoms with Gasteiger partial charge >= 0.3 is 5.97 Å². The Kier molecular flexibility index (Phi) is 3.35. The van der Waals surface area contributed by atoms with Crippen LogP contribution in [-0.2, 0) is 25.5 Å². The maximum Gasteiger partial charge on any atom is 0.327 e. The fraction of sp³-hybridized carbons (Fsp3) is 0.471. The predicted octanol–water partition coefficient (Wildman–Crippen LogP) is 0.550. The van der Waals surface area contributed by atoms with Crippen molar-refractivity contribution in [2.75, 3.05) is 0 Å². The van der Waals surface area contributed by atoms with Crippen LogP contribution in [0.25, 0.3) is 0 Å². The van der Waals surface area contributed by atoms with Gasteiger partial charge in [-0.15, -0.1) is 0 Å². The second kappa shape index (κ2) is 5.31. The Morgan fingerprint density at radius 1 is 1.12 bits per heavy atom. The van der Waals surface area contributed by atoms with Crippen LogP contribution in [0.2, 0.25) is 0 Å². The number of carbonyl (C=O) groups is 3. The molecule has 3 unspecified atom stereocenters. The van der Waals surface area contributed by atoms with Crippen LogP contribution in [0.4, 0.5) is 0 Å². The molecule has 3 heterocycles. The topological polar surface area (TPSA) is 104 Å². The van der Waals surface area contributed by atoms with Crippen molar-refractivity contribution in [3.8, 4) is 5.75 Å². The standard InChI is InChI=1S/C17H17NO6/c19-9-3-1-8(2-4-9)7-10(17(22)23)18-15(20)13-11-5-6-12(24-11)14(13)16(18)21/h1-4,10-14,19H,5-7H2,(H,22,23)/t10?,11-,12+,13?,14?. The molecule has 0 radical (unpaired) electrons. The zero-order valence-electron chi connectivity index (χ0n) is 12.8. The Morgan fingerprint density at radius 3 is 2.17 bits per heavy atom. The molecule has 4 rings (SSSR count). The van der Waals surface area contributed by atoms with Crippen molar-refractivity contribution in [3.63, 3.8) is 0 Å². The van der Waals surface area contributed by atoms with Gasteiger partial charge in [0.25, 0.3) is 0 Å². The van der Waals surface area contributed by atoms with Crippen LogP contribution in [0.3, 0.4) is 0 Å². The normalized spacial score (nSPS) is 32.2. The van der Waals surface area contributed by atoms with Crippen molar-refractivity contribution >= 4 is 17.8 Å². The Balaban J connectivity index is 1.62. The Hall–Kier alpha value is -2.41. The second-order valence-corrected chi connectivity index (χ2v) is 6.61. The molecule has 5 atom stereocenters. The van der Waals surface area contributed by atoms with Gasteiger partial charge < -0.3 is 14.9 Å². The maximum atomic E-state index is 12.7. The third-order valence-corrected chi connectivity index (χ3v) is 5.28. The Labute approximate surface area is 137 Å². The van der Waals surface area contributed by atoms with Gasteiger partial charge in [-0.2, -0.15) is 0 Å². The zero-order chi connectivity index (χ0) is 17.0. The summed E-state index contributed by atoms with van der Waals surface area (Å²) in [6.07, 6.45) is 0.986. The van der Waals surface area contributed by atoms with Crippen molar-refractivity contribution in [1.82, 2.24) is 4.90 Å². The molecule has 3 aliphatic rings. The summed E-state index contributed by atoms with van der Waals surface area (Å²) in [6, 6.07) is 4.84. The number of hydrogen-bond donors (Lipinski definition) is 2. The summed E-state index contributed by atoms with van der Waals surface area (Å²) in [5, 5.41) is 18.9. The lowest BCUT2D eigenvalue weighted by atomic mass is 9.81. The minimum absolute atomic E-state index is 0.0166. The highest BCUT2D eigenvalue weighted by molar-refractivity contribution is 6.08. The van der Waals surface area contributed by atoms with Crippen molar-refractivity contribution < 1.29 is 29.3 Å². The number of benzene rings is 1. The van der Waals surface area contributed by atoms with E-state index in [1.54, 1.807) is 12.1 Å². The van der Waals surface area contributed by atoms with E-state index < -0.39 is 35.7 Å². The van der Waals surface area contributed by atoms with Crippen LogP contribution in [0.5, 0.6) is 5.75 Å². The van der Waals surface area contributed by atoms with Crippen molar-refractivity contribution in [1.29, 1.82) is 0 Å². The Bertz CT molecular complexity index is 686. The smallest absolute Gasteiger partial charge is 0.327 e. The maximum absolute atomic E-state index is 12.7. The van der Waals surface area contributed by atoms with Gasteiger partial charge in [0.1, 0.15) is 11.8 Å². The van der Waals surface area contributed by atoms with E-state index in [4.69, 9.17) is 4.74 Å². The average molecular weight is 331 g/mol. The lowest BCUT2D eigenvalue weighted by Crippen LogP contribution is -2.48. The highest BCUT2D eigenvalue weighted by Gasteiger charge is 2.63. The molecule has 2 N–H and O–H groups in total. The number of aliphatic carboxylic acids is 1. The Morgan fingerprint density at radius 2 is 1.67 bits per heavy atom. The zero-order valence-corrected chi connectivity index (χ0v) is 12.8. The molecule has 1 aromatic rings. The number of rotatable bonds is 4. The number of fused-ring (bicyclic) bond motifs is 5. The largest absolute Gasteiger partial charge is 0.508 e. The van der Waals surface area contributed by atoms with Gasteiger partial charge in [-0.25, -0.2) is 4.79 Å².